The van der Waals surface area contributed by atoms with E-state index in [1.165, 1.54) is 19.3 Å². The van der Waals surface area contributed by atoms with Crippen LogP contribution in [0.3, 0.4) is 0 Å². The van der Waals surface area contributed by atoms with Crippen molar-refractivity contribution in [1.82, 2.24) is 15.0 Å². The highest BCUT2D eigenvalue weighted by Crippen LogP contribution is 2.25. The summed E-state index contributed by atoms with van der Waals surface area (Å²) >= 11 is 0. The van der Waals surface area contributed by atoms with Crippen LogP contribution in [0.25, 0.3) is 0 Å². The quantitative estimate of drug-likeness (QED) is 0.857. The summed E-state index contributed by atoms with van der Waals surface area (Å²) in [6.07, 6.45) is 3.70. The minimum Gasteiger partial charge on any atom is -0.338 e. The highest BCUT2D eigenvalue weighted by atomic mass is 16.5. The number of likely N-dealkylation sites (tertiary alicyclic amines) is 1. The Labute approximate surface area is 102 Å². The second-order valence-electron chi connectivity index (χ2n) is 4.89. The summed E-state index contributed by atoms with van der Waals surface area (Å²) in [5, 5.41) is 3.82. The van der Waals surface area contributed by atoms with Crippen molar-refractivity contribution >= 4 is 0 Å². The Balaban J connectivity index is 1.95. The van der Waals surface area contributed by atoms with E-state index in [0.717, 1.165) is 19.0 Å². The van der Waals surface area contributed by atoms with Crippen LogP contribution in [0, 0.1) is 12.8 Å². The predicted molar refractivity (Wildman–Crippen MR) is 65.3 cm³/mol. The smallest absolute Gasteiger partial charge is 0.240 e. The summed E-state index contributed by atoms with van der Waals surface area (Å²) in [6.45, 7) is 6.64. The Morgan fingerprint density at radius 2 is 2.35 bits per heavy atom. The molecule has 2 rings (SSSR count). The fourth-order valence-electron chi connectivity index (χ4n) is 2.58. The van der Waals surface area contributed by atoms with Crippen LogP contribution >= 0.6 is 0 Å². The maximum Gasteiger partial charge on any atom is 0.240 e. The normalized spacial score (nSPS) is 26.3. The van der Waals surface area contributed by atoms with E-state index >= 15 is 0 Å². The molecule has 1 aliphatic rings. The maximum absolute atomic E-state index is 5.86. The number of nitrogens with zero attached hydrogens (tertiary/aromatic N) is 3. The van der Waals surface area contributed by atoms with Crippen molar-refractivity contribution < 1.29 is 4.52 Å². The summed E-state index contributed by atoms with van der Waals surface area (Å²) < 4.78 is 5.17. The first-order valence-corrected chi connectivity index (χ1v) is 6.46. The second kappa shape index (κ2) is 5.60. The number of rotatable bonds is 4. The second-order valence-corrected chi connectivity index (χ2v) is 4.89. The number of aryl methyl sites for hydroxylation is 1. The summed E-state index contributed by atoms with van der Waals surface area (Å²) in [5.74, 6) is 2.23. The average Bonchev–Trinajstić information content (AvgIpc) is 2.75. The van der Waals surface area contributed by atoms with Gasteiger partial charge >= 0.3 is 0 Å². The molecule has 2 N–H and O–H groups in total. The zero-order valence-electron chi connectivity index (χ0n) is 10.7. The van der Waals surface area contributed by atoms with Gasteiger partial charge in [0, 0.05) is 12.6 Å². The Morgan fingerprint density at radius 1 is 1.53 bits per heavy atom. The van der Waals surface area contributed by atoms with E-state index in [4.69, 9.17) is 10.3 Å². The molecule has 0 aromatic carbocycles. The van der Waals surface area contributed by atoms with Crippen molar-refractivity contribution in [2.24, 2.45) is 11.7 Å². The van der Waals surface area contributed by atoms with Crippen LogP contribution in [-0.4, -0.2) is 34.2 Å². The van der Waals surface area contributed by atoms with Crippen molar-refractivity contribution in [3.8, 4) is 0 Å². The lowest BCUT2D eigenvalue weighted by atomic mass is 9.89. The van der Waals surface area contributed by atoms with E-state index in [2.05, 4.69) is 22.0 Å². The molecule has 1 aromatic heterocycles. The molecule has 1 saturated heterocycles. The molecule has 2 unspecified atom stereocenters. The van der Waals surface area contributed by atoms with E-state index in [1.807, 2.05) is 6.92 Å². The topological polar surface area (TPSA) is 68.2 Å². The number of piperidine rings is 1. The zero-order chi connectivity index (χ0) is 12.3. The molecule has 96 valence electrons. The summed E-state index contributed by atoms with van der Waals surface area (Å²) in [7, 11) is 0. The van der Waals surface area contributed by atoms with Gasteiger partial charge < -0.3 is 10.3 Å². The number of hydrogen-bond donors (Lipinski definition) is 1. The molecule has 0 bridgehead atoms. The van der Waals surface area contributed by atoms with Gasteiger partial charge in [-0.05, 0) is 32.2 Å². The average molecular weight is 238 g/mol. The van der Waals surface area contributed by atoms with Gasteiger partial charge in [-0.15, -0.1) is 0 Å². The molecule has 5 nitrogen and oxygen atoms in total. The van der Waals surface area contributed by atoms with Gasteiger partial charge in [0.1, 0.15) is 0 Å². The third-order valence-corrected chi connectivity index (χ3v) is 3.70. The van der Waals surface area contributed by atoms with Gasteiger partial charge in [0.15, 0.2) is 5.82 Å². The highest BCUT2D eigenvalue weighted by molar-refractivity contribution is 4.88. The van der Waals surface area contributed by atoms with Crippen molar-refractivity contribution in [2.75, 3.05) is 13.1 Å². The first-order chi connectivity index (χ1) is 8.22. The molecule has 2 heterocycles. The number of aromatic nitrogens is 2. The summed E-state index contributed by atoms with van der Waals surface area (Å²) in [6, 6.07) is 0.459. The first-order valence-electron chi connectivity index (χ1n) is 6.46. The van der Waals surface area contributed by atoms with E-state index in [0.29, 0.717) is 24.3 Å². The first kappa shape index (κ1) is 12.5. The van der Waals surface area contributed by atoms with E-state index in [1.54, 1.807) is 0 Å². The Morgan fingerprint density at radius 3 is 2.94 bits per heavy atom. The molecule has 0 aliphatic carbocycles. The molecule has 2 atom stereocenters. The maximum atomic E-state index is 5.86. The van der Waals surface area contributed by atoms with Crippen LogP contribution < -0.4 is 5.73 Å². The largest absolute Gasteiger partial charge is 0.338 e. The van der Waals surface area contributed by atoms with E-state index in [9.17, 15) is 0 Å². The zero-order valence-corrected chi connectivity index (χ0v) is 10.7. The Kier molecular flexibility index (Phi) is 4.12. The van der Waals surface area contributed by atoms with Crippen LogP contribution in [-0.2, 0) is 6.54 Å². The molecule has 5 heteroatoms. The van der Waals surface area contributed by atoms with Gasteiger partial charge in [0.05, 0.1) is 6.54 Å². The number of nitrogens with two attached hydrogens (primary N) is 1. The molecule has 17 heavy (non-hydrogen) atoms. The van der Waals surface area contributed by atoms with Crippen molar-refractivity contribution in [2.45, 2.75) is 45.7 Å². The third kappa shape index (κ3) is 3.04. The fraction of sp³-hybridized carbons (Fsp3) is 0.833. The van der Waals surface area contributed by atoms with Crippen LogP contribution in [0.1, 0.15) is 37.9 Å². The molecule has 1 aromatic rings. The van der Waals surface area contributed by atoms with Crippen molar-refractivity contribution in [3.63, 3.8) is 0 Å². The minimum absolute atomic E-state index is 0.459. The Bertz CT molecular complexity index is 352. The van der Waals surface area contributed by atoms with Gasteiger partial charge in [0.2, 0.25) is 5.89 Å². The molecule has 0 spiro atoms. The monoisotopic (exact) mass is 238 g/mol. The van der Waals surface area contributed by atoms with Gasteiger partial charge in [-0.3, -0.25) is 4.90 Å². The highest BCUT2D eigenvalue weighted by Gasteiger charge is 2.27. The van der Waals surface area contributed by atoms with Crippen LogP contribution in [0.4, 0.5) is 0 Å². The molecule has 1 fully saturated rings. The van der Waals surface area contributed by atoms with Crippen molar-refractivity contribution in [3.05, 3.63) is 11.7 Å². The standard InChI is InChI=1S/C12H22N4O/c1-3-10-4-5-16(11(6-10)7-13)8-12-14-9(2)15-17-12/h10-11H,3-8,13H2,1-2H3. The lowest BCUT2D eigenvalue weighted by Crippen LogP contribution is -2.46. The summed E-state index contributed by atoms with van der Waals surface area (Å²) in [5.41, 5.74) is 5.86. The minimum atomic E-state index is 0.459. The van der Waals surface area contributed by atoms with E-state index in [-0.39, 0.29) is 0 Å². The predicted octanol–water partition coefficient (Wildman–Crippen LogP) is 1.33. The molecular formula is C12H22N4O. The van der Waals surface area contributed by atoms with Gasteiger partial charge in [-0.25, -0.2) is 0 Å². The fourth-order valence-corrected chi connectivity index (χ4v) is 2.58. The Hall–Kier alpha value is -0.940. The molecule has 0 radical (unpaired) electrons. The van der Waals surface area contributed by atoms with Crippen molar-refractivity contribution in [1.29, 1.82) is 0 Å². The SMILES string of the molecule is CCC1CCN(Cc2nc(C)no2)C(CN)C1. The number of hydrogen-bond acceptors (Lipinski definition) is 5. The van der Waals surface area contributed by atoms with Gasteiger partial charge in [-0.1, -0.05) is 18.5 Å². The van der Waals surface area contributed by atoms with Gasteiger partial charge in [0.25, 0.3) is 0 Å². The van der Waals surface area contributed by atoms with Gasteiger partial charge in [-0.2, -0.15) is 4.98 Å². The lowest BCUT2D eigenvalue weighted by molar-refractivity contribution is 0.0953. The molecular weight excluding hydrogens is 216 g/mol. The van der Waals surface area contributed by atoms with Crippen LogP contribution in [0.15, 0.2) is 4.52 Å². The van der Waals surface area contributed by atoms with Crippen LogP contribution in [0.5, 0.6) is 0 Å². The third-order valence-electron chi connectivity index (χ3n) is 3.70. The van der Waals surface area contributed by atoms with Crippen LogP contribution in [0.2, 0.25) is 0 Å². The lowest BCUT2D eigenvalue weighted by Gasteiger charge is -2.37. The van der Waals surface area contributed by atoms with E-state index < -0.39 is 0 Å². The molecule has 0 saturated carbocycles. The molecule has 1 aliphatic heterocycles. The summed E-state index contributed by atoms with van der Waals surface area (Å²) in [4.78, 5) is 6.63. The molecule has 0 amide bonds.